The van der Waals surface area contributed by atoms with Crippen LogP contribution in [0, 0.1) is 6.92 Å². The molecule has 28 heavy (non-hydrogen) atoms. The number of pyridine rings is 1. The summed E-state index contributed by atoms with van der Waals surface area (Å²) in [5.41, 5.74) is 2.77. The first-order valence-electron chi connectivity index (χ1n) is 8.69. The lowest BCUT2D eigenvalue weighted by Gasteiger charge is -2.08. The molecule has 3 aromatic heterocycles. The zero-order valence-corrected chi connectivity index (χ0v) is 16.2. The van der Waals surface area contributed by atoms with Crippen LogP contribution in [0.5, 0.6) is 0 Å². The largest absolute Gasteiger partial charge is 0.336 e. The third-order valence-corrected chi connectivity index (χ3v) is 4.64. The van der Waals surface area contributed by atoms with Crippen LogP contribution < -0.4 is 5.32 Å². The second kappa shape index (κ2) is 7.05. The molecule has 2 N–H and O–H groups in total. The first kappa shape index (κ1) is 18.1. The highest BCUT2D eigenvalue weighted by molar-refractivity contribution is 6.33. The van der Waals surface area contributed by atoms with E-state index in [9.17, 15) is 4.79 Å². The summed E-state index contributed by atoms with van der Waals surface area (Å²) in [5.74, 6) is 0.358. The second-order valence-corrected chi connectivity index (χ2v) is 7.05. The summed E-state index contributed by atoms with van der Waals surface area (Å²) >= 11 is 6.19. The molecule has 0 saturated heterocycles. The van der Waals surface area contributed by atoms with Crippen LogP contribution in [0.2, 0.25) is 5.02 Å². The molecule has 9 heteroatoms. The van der Waals surface area contributed by atoms with Gasteiger partial charge in [0.1, 0.15) is 0 Å². The van der Waals surface area contributed by atoms with E-state index in [0.29, 0.717) is 38.8 Å². The number of rotatable bonds is 4. The first-order chi connectivity index (χ1) is 13.4. The third-order valence-electron chi connectivity index (χ3n) is 4.31. The summed E-state index contributed by atoms with van der Waals surface area (Å²) < 4.78 is 5.26. The van der Waals surface area contributed by atoms with Crippen molar-refractivity contribution in [1.29, 1.82) is 0 Å². The van der Waals surface area contributed by atoms with Crippen molar-refractivity contribution in [3.05, 3.63) is 52.3 Å². The second-order valence-electron chi connectivity index (χ2n) is 6.64. The number of aromatic amines is 1. The molecule has 0 radical (unpaired) electrons. The highest BCUT2D eigenvalue weighted by atomic mass is 35.5. The maximum absolute atomic E-state index is 12.9. The molecule has 0 fully saturated rings. The molecule has 1 amide bonds. The fourth-order valence-electron chi connectivity index (χ4n) is 2.85. The minimum Gasteiger partial charge on any atom is -0.336 e. The number of anilines is 1. The summed E-state index contributed by atoms with van der Waals surface area (Å²) in [6.07, 6.45) is 0. The van der Waals surface area contributed by atoms with E-state index in [4.69, 9.17) is 16.1 Å². The summed E-state index contributed by atoms with van der Waals surface area (Å²) in [5, 5.41) is 14.6. The smallest absolute Gasteiger partial charge is 0.259 e. The molecular formula is C19H17ClN6O2. The molecule has 0 saturated carbocycles. The van der Waals surface area contributed by atoms with Crippen molar-refractivity contribution in [3.8, 4) is 11.4 Å². The van der Waals surface area contributed by atoms with Gasteiger partial charge in [0.15, 0.2) is 5.82 Å². The molecule has 0 atom stereocenters. The van der Waals surface area contributed by atoms with Crippen LogP contribution in [0.3, 0.4) is 0 Å². The number of benzene rings is 1. The molecule has 1 aromatic carbocycles. The molecule has 0 aliphatic rings. The maximum atomic E-state index is 12.9. The molecule has 0 bridgehead atoms. The lowest BCUT2D eigenvalue weighted by Crippen LogP contribution is -2.14. The van der Waals surface area contributed by atoms with Crippen LogP contribution in [0.15, 0.2) is 34.9 Å². The van der Waals surface area contributed by atoms with Gasteiger partial charge in [0, 0.05) is 11.3 Å². The van der Waals surface area contributed by atoms with Crippen LogP contribution in [-0.2, 0) is 0 Å². The van der Waals surface area contributed by atoms with Gasteiger partial charge < -0.3 is 4.52 Å². The number of H-pyrrole nitrogens is 1. The maximum Gasteiger partial charge on any atom is 0.259 e. The summed E-state index contributed by atoms with van der Waals surface area (Å²) in [4.78, 5) is 21.7. The Morgan fingerprint density at radius 1 is 1.25 bits per heavy atom. The highest BCUT2D eigenvalue weighted by Gasteiger charge is 2.21. The average molecular weight is 397 g/mol. The number of hydrogen-bond acceptors (Lipinski definition) is 6. The predicted molar refractivity (Wildman–Crippen MR) is 105 cm³/mol. The number of carbonyl (C=O) groups excluding carboxylic acids is 1. The average Bonchev–Trinajstić information content (AvgIpc) is 3.28. The van der Waals surface area contributed by atoms with E-state index >= 15 is 0 Å². The van der Waals surface area contributed by atoms with E-state index < -0.39 is 0 Å². The molecule has 8 nitrogen and oxygen atoms in total. The Labute approximate surface area is 165 Å². The standard InChI is InChI=1S/C19H17ClN6O2/c1-9(2)14-8-12(15-10(3)26-28-18(15)21-14)17(27)23-19-22-16(24-25-19)11-6-4-5-7-13(11)20/h4-9H,1-3H3,(H2,22,23,24,25,27). The normalized spacial score (nSPS) is 11.3. The minimum absolute atomic E-state index is 0.122. The fourth-order valence-corrected chi connectivity index (χ4v) is 3.07. The van der Waals surface area contributed by atoms with E-state index in [1.54, 1.807) is 19.1 Å². The van der Waals surface area contributed by atoms with E-state index in [2.05, 4.69) is 30.6 Å². The number of carbonyl (C=O) groups is 1. The van der Waals surface area contributed by atoms with Gasteiger partial charge in [0.25, 0.3) is 11.6 Å². The van der Waals surface area contributed by atoms with Gasteiger partial charge in [-0.2, -0.15) is 4.98 Å². The Morgan fingerprint density at radius 2 is 2.04 bits per heavy atom. The van der Waals surface area contributed by atoms with Crippen molar-refractivity contribution >= 4 is 34.6 Å². The molecule has 0 aliphatic carbocycles. The summed E-state index contributed by atoms with van der Waals surface area (Å²) in [7, 11) is 0. The molecule has 4 rings (SSSR count). The SMILES string of the molecule is Cc1noc2nc(C(C)C)cc(C(=O)Nc3n[nH]c(-c4ccccc4Cl)n3)c12. The molecule has 4 aromatic rings. The van der Waals surface area contributed by atoms with Gasteiger partial charge in [-0.25, -0.2) is 4.98 Å². The number of nitrogens with one attached hydrogen (secondary N) is 2. The van der Waals surface area contributed by atoms with Crippen molar-refractivity contribution in [2.75, 3.05) is 5.32 Å². The quantitative estimate of drug-likeness (QED) is 0.530. The molecule has 0 unspecified atom stereocenters. The van der Waals surface area contributed by atoms with Crippen molar-refractivity contribution in [2.45, 2.75) is 26.7 Å². The number of nitrogens with zero attached hydrogens (tertiary/aromatic N) is 4. The van der Waals surface area contributed by atoms with Crippen molar-refractivity contribution in [2.24, 2.45) is 0 Å². The number of aromatic nitrogens is 5. The lowest BCUT2D eigenvalue weighted by molar-refractivity contribution is 0.102. The Morgan fingerprint density at radius 3 is 2.79 bits per heavy atom. The van der Waals surface area contributed by atoms with Crippen molar-refractivity contribution in [3.63, 3.8) is 0 Å². The summed E-state index contributed by atoms with van der Waals surface area (Å²) in [6, 6.07) is 8.99. The van der Waals surface area contributed by atoms with Crippen LogP contribution in [-0.4, -0.2) is 31.2 Å². The molecule has 3 heterocycles. The van der Waals surface area contributed by atoms with E-state index in [-0.39, 0.29) is 17.8 Å². The van der Waals surface area contributed by atoms with Gasteiger partial charge in [0.05, 0.1) is 21.7 Å². The van der Waals surface area contributed by atoms with Gasteiger partial charge in [-0.3, -0.25) is 15.2 Å². The fraction of sp³-hybridized carbons (Fsp3) is 0.211. The number of hydrogen-bond donors (Lipinski definition) is 2. The molecule has 0 spiro atoms. The Kier molecular flexibility index (Phi) is 4.56. The number of fused-ring (bicyclic) bond motifs is 1. The zero-order chi connectivity index (χ0) is 19.8. The number of amides is 1. The van der Waals surface area contributed by atoms with E-state index in [1.807, 2.05) is 32.0 Å². The number of aryl methyl sites for hydroxylation is 1. The van der Waals surface area contributed by atoms with Crippen LogP contribution in [0.25, 0.3) is 22.5 Å². The van der Waals surface area contributed by atoms with Gasteiger partial charge in [-0.1, -0.05) is 42.7 Å². The molecular weight excluding hydrogens is 380 g/mol. The van der Waals surface area contributed by atoms with Gasteiger partial charge in [-0.15, -0.1) is 5.10 Å². The van der Waals surface area contributed by atoms with Gasteiger partial charge in [-0.05, 0) is 31.0 Å². The van der Waals surface area contributed by atoms with Crippen LogP contribution in [0.1, 0.15) is 41.5 Å². The van der Waals surface area contributed by atoms with E-state index in [1.165, 1.54) is 0 Å². The molecule has 142 valence electrons. The zero-order valence-electron chi connectivity index (χ0n) is 15.4. The minimum atomic E-state index is -0.370. The lowest BCUT2D eigenvalue weighted by atomic mass is 10.0. The Balaban J connectivity index is 1.68. The Hall–Kier alpha value is -3.26. The number of halogens is 1. The van der Waals surface area contributed by atoms with Gasteiger partial charge in [0.2, 0.25) is 5.95 Å². The first-order valence-corrected chi connectivity index (χ1v) is 9.07. The van der Waals surface area contributed by atoms with Gasteiger partial charge >= 0.3 is 0 Å². The van der Waals surface area contributed by atoms with Crippen LogP contribution in [0.4, 0.5) is 5.95 Å². The van der Waals surface area contributed by atoms with Crippen LogP contribution >= 0.6 is 11.6 Å². The topological polar surface area (TPSA) is 110 Å². The Bertz CT molecular complexity index is 1180. The third kappa shape index (κ3) is 3.22. The monoisotopic (exact) mass is 396 g/mol. The molecule has 0 aliphatic heterocycles. The van der Waals surface area contributed by atoms with Crippen molar-refractivity contribution < 1.29 is 9.32 Å². The van der Waals surface area contributed by atoms with E-state index in [0.717, 1.165) is 5.69 Å². The highest BCUT2D eigenvalue weighted by Crippen LogP contribution is 2.27. The predicted octanol–water partition coefficient (Wildman–Crippen LogP) is 4.35. The summed E-state index contributed by atoms with van der Waals surface area (Å²) in [6.45, 7) is 5.75. The van der Waals surface area contributed by atoms with Crippen molar-refractivity contribution in [1.82, 2.24) is 25.3 Å².